The van der Waals surface area contributed by atoms with E-state index in [1.165, 1.54) is 22.1 Å². The van der Waals surface area contributed by atoms with E-state index in [1.54, 1.807) is 0 Å². The average molecular weight is 317 g/mol. The monoisotopic (exact) mass is 317 g/mol. The molecule has 0 atom stereocenters. The maximum atomic E-state index is 4.83. The second kappa shape index (κ2) is 5.73. The summed E-state index contributed by atoms with van der Waals surface area (Å²) in [5.41, 5.74) is 6.33. The van der Waals surface area contributed by atoms with Crippen LogP contribution in [0.5, 0.6) is 0 Å². The molecule has 2 aromatic carbocycles. The van der Waals surface area contributed by atoms with Gasteiger partial charge in [-0.3, -0.25) is 4.98 Å². The third-order valence-electron chi connectivity index (χ3n) is 4.54. The molecule has 24 heavy (non-hydrogen) atoms. The Morgan fingerprint density at radius 3 is 1.83 bits per heavy atom. The summed E-state index contributed by atoms with van der Waals surface area (Å²) < 4.78 is 0. The minimum atomic E-state index is 0.0790. The number of benzene rings is 2. The van der Waals surface area contributed by atoms with E-state index >= 15 is 0 Å². The number of fused-ring (bicyclic) bond motifs is 1. The lowest BCUT2D eigenvalue weighted by Crippen LogP contribution is -2.13. The fraction of sp³-hybridized carbons (Fsp3) is 0.348. The van der Waals surface area contributed by atoms with Crippen molar-refractivity contribution in [1.82, 2.24) is 4.98 Å². The first-order chi connectivity index (χ1) is 11.1. The van der Waals surface area contributed by atoms with Crippen LogP contribution in [0.4, 0.5) is 0 Å². The quantitative estimate of drug-likeness (QED) is 0.499. The Morgan fingerprint density at radius 1 is 0.625 bits per heavy atom. The molecule has 0 radical (unpaired) electrons. The predicted octanol–water partition coefficient (Wildman–Crippen LogP) is 6.50. The van der Waals surface area contributed by atoms with Gasteiger partial charge in [0.1, 0.15) is 0 Å². The zero-order chi connectivity index (χ0) is 17.5. The van der Waals surface area contributed by atoms with Crippen LogP contribution < -0.4 is 0 Å². The molecule has 0 aliphatic carbocycles. The smallest absolute Gasteiger partial charge is 0.0705 e. The highest BCUT2D eigenvalue weighted by atomic mass is 14.7. The van der Waals surface area contributed by atoms with Gasteiger partial charge in [0.05, 0.1) is 5.52 Å². The SMILES string of the molecule is CC(C)(C)c1ccc(-c2ccc3nc(C(C)(C)C)ccc3c2)cc1. The topological polar surface area (TPSA) is 12.9 Å². The van der Waals surface area contributed by atoms with E-state index in [0.717, 1.165) is 11.2 Å². The van der Waals surface area contributed by atoms with Crippen LogP contribution in [0.3, 0.4) is 0 Å². The molecule has 0 spiro atoms. The van der Waals surface area contributed by atoms with E-state index in [-0.39, 0.29) is 10.8 Å². The summed E-state index contributed by atoms with van der Waals surface area (Å²) in [6, 6.07) is 19.8. The molecule has 0 unspecified atom stereocenters. The largest absolute Gasteiger partial charge is 0.252 e. The molecule has 0 saturated heterocycles. The minimum Gasteiger partial charge on any atom is -0.252 e. The van der Waals surface area contributed by atoms with Gasteiger partial charge in [-0.05, 0) is 40.3 Å². The summed E-state index contributed by atoms with van der Waals surface area (Å²) in [6.07, 6.45) is 0. The Balaban J connectivity index is 1.99. The standard InChI is InChI=1S/C23H27N/c1-22(2,3)19-11-7-16(8-12-19)17-9-13-20-18(15-17)10-14-21(24-20)23(4,5)6/h7-15H,1-6H3. The number of rotatable bonds is 1. The Labute approximate surface area is 145 Å². The molecule has 3 aromatic rings. The molecule has 0 amide bonds. The van der Waals surface area contributed by atoms with Gasteiger partial charge in [-0.15, -0.1) is 0 Å². The highest BCUT2D eigenvalue weighted by Gasteiger charge is 2.16. The van der Waals surface area contributed by atoms with Crippen LogP contribution in [0.25, 0.3) is 22.0 Å². The van der Waals surface area contributed by atoms with E-state index < -0.39 is 0 Å². The normalized spacial score (nSPS) is 12.6. The minimum absolute atomic E-state index is 0.0790. The van der Waals surface area contributed by atoms with Gasteiger partial charge in [0.15, 0.2) is 0 Å². The molecule has 0 N–H and O–H groups in total. The van der Waals surface area contributed by atoms with Crippen LogP contribution in [0.15, 0.2) is 54.6 Å². The van der Waals surface area contributed by atoms with Gasteiger partial charge in [-0.25, -0.2) is 0 Å². The van der Waals surface area contributed by atoms with Crippen molar-refractivity contribution in [2.24, 2.45) is 0 Å². The second-order valence-corrected chi connectivity index (χ2v) is 8.68. The molecule has 1 heterocycles. The number of nitrogens with zero attached hydrogens (tertiary/aromatic N) is 1. The van der Waals surface area contributed by atoms with Gasteiger partial charge in [-0.1, -0.05) is 77.9 Å². The van der Waals surface area contributed by atoms with Crippen LogP contribution in [0, 0.1) is 0 Å². The van der Waals surface area contributed by atoms with Crippen molar-refractivity contribution < 1.29 is 0 Å². The van der Waals surface area contributed by atoms with Gasteiger partial charge < -0.3 is 0 Å². The highest BCUT2D eigenvalue weighted by molar-refractivity contribution is 5.84. The fourth-order valence-corrected chi connectivity index (χ4v) is 2.89. The van der Waals surface area contributed by atoms with Crippen molar-refractivity contribution in [1.29, 1.82) is 0 Å². The lowest BCUT2D eigenvalue weighted by molar-refractivity contribution is 0.571. The Bertz CT molecular complexity index is 859. The summed E-state index contributed by atoms with van der Waals surface area (Å²) in [6.45, 7) is 13.3. The Morgan fingerprint density at radius 2 is 1.25 bits per heavy atom. The highest BCUT2D eigenvalue weighted by Crippen LogP contribution is 2.29. The van der Waals surface area contributed by atoms with Crippen LogP contribution in [-0.4, -0.2) is 4.98 Å². The van der Waals surface area contributed by atoms with Crippen molar-refractivity contribution >= 4 is 10.9 Å². The van der Waals surface area contributed by atoms with Crippen molar-refractivity contribution in [2.45, 2.75) is 52.4 Å². The first-order valence-electron chi connectivity index (χ1n) is 8.67. The zero-order valence-corrected chi connectivity index (χ0v) is 15.6. The fourth-order valence-electron chi connectivity index (χ4n) is 2.89. The van der Waals surface area contributed by atoms with Gasteiger partial charge in [0.2, 0.25) is 0 Å². The second-order valence-electron chi connectivity index (χ2n) is 8.68. The molecule has 0 fully saturated rings. The molecule has 124 valence electrons. The Hall–Kier alpha value is -2.15. The first kappa shape index (κ1) is 16.7. The van der Waals surface area contributed by atoms with Crippen LogP contribution in [0.2, 0.25) is 0 Å². The lowest BCUT2D eigenvalue weighted by Gasteiger charge is -2.19. The molecular weight excluding hydrogens is 290 g/mol. The summed E-state index contributed by atoms with van der Waals surface area (Å²) in [5.74, 6) is 0. The lowest BCUT2D eigenvalue weighted by atomic mass is 9.86. The number of hydrogen-bond donors (Lipinski definition) is 0. The molecule has 1 nitrogen and oxygen atoms in total. The van der Waals surface area contributed by atoms with Crippen molar-refractivity contribution in [3.05, 3.63) is 65.9 Å². The number of pyridine rings is 1. The molecule has 0 aliphatic rings. The maximum absolute atomic E-state index is 4.83. The number of aromatic nitrogens is 1. The molecular formula is C23H27N. The third kappa shape index (κ3) is 3.36. The van der Waals surface area contributed by atoms with Crippen LogP contribution in [-0.2, 0) is 10.8 Å². The maximum Gasteiger partial charge on any atom is 0.0705 e. The molecule has 1 heteroatoms. The van der Waals surface area contributed by atoms with E-state index in [4.69, 9.17) is 4.98 Å². The van der Waals surface area contributed by atoms with E-state index in [9.17, 15) is 0 Å². The summed E-state index contributed by atoms with van der Waals surface area (Å²) in [4.78, 5) is 4.83. The van der Waals surface area contributed by atoms with Crippen molar-refractivity contribution in [2.75, 3.05) is 0 Å². The number of hydrogen-bond acceptors (Lipinski definition) is 1. The van der Waals surface area contributed by atoms with Gasteiger partial charge >= 0.3 is 0 Å². The average Bonchev–Trinajstić information content (AvgIpc) is 2.52. The molecule has 0 saturated carbocycles. The zero-order valence-electron chi connectivity index (χ0n) is 15.6. The van der Waals surface area contributed by atoms with Crippen molar-refractivity contribution in [3.63, 3.8) is 0 Å². The first-order valence-corrected chi connectivity index (χ1v) is 8.67. The molecule has 0 bridgehead atoms. The van der Waals surface area contributed by atoms with Gasteiger partial charge in [0, 0.05) is 16.5 Å². The van der Waals surface area contributed by atoms with Crippen molar-refractivity contribution in [3.8, 4) is 11.1 Å². The van der Waals surface area contributed by atoms with Gasteiger partial charge in [-0.2, -0.15) is 0 Å². The van der Waals surface area contributed by atoms with E-state index in [1.807, 2.05) is 0 Å². The summed E-state index contributed by atoms with van der Waals surface area (Å²) in [5, 5.41) is 1.19. The van der Waals surface area contributed by atoms with Crippen LogP contribution >= 0.6 is 0 Å². The van der Waals surface area contributed by atoms with E-state index in [2.05, 4.69) is 96.1 Å². The van der Waals surface area contributed by atoms with Gasteiger partial charge in [0.25, 0.3) is 0 Å². The summed E-state index contributed by atoms with van der Waals surface area (Å²) >= 11 is 0. The third-order valence-corrected chi connectivity index (χ3v) is 4.54. The molecule has 3 rings (SSSR count). The molecule has 0 aliphatic heterocycles. The molecule has 1 aromatic heterocycles. The summed E-state index contributed by atoms with van der Waals surface area (Å²) in [7, 11) is 0. The van der Waals surface area contributed by atoms with E-state index in [0.29, 0.717) is 0 Å². The predicted molar refractivity (Wildman–Crippen MR) is 105 cm³/mol. The van der Waals surface area contributed by atoms with Crippen LogP contribution in [0.1, 0.15) is 52.8 Å². The Kier molecular flexibility index (Phi) is 3.99.